The lowest BCUT2D eigenvalue weighted by atomic mass is 9.88. The van der Waals surface area contributed by atoms with Crippen LogP contribution in [0.2, 0.25) is 5.02 Å². The number of amides is 1. The van der Waals surface area contributed by atoms with Gasteiger partial charge in [-0.15, -0.1) is 0 Å². The van der Waals surface area contributed by atoms with Crippen LogP contribution >= 0.6 is 11.6 Å². The number of nitrogens with one attached hydrogen (secondary N) is 1. The number of anilines is 1. The molecule has 9 heteroatoms. The lowest BCUT2D eigenvalue weighted by Gasteiger charge is -2.34. The monoisotopic (exact) mass is 498 g/mol. The second-order valence-electron chi connectivity index (χ2n) is 8.84. The van der Waals surface area contributed by atoms with E-state index in [1.54, 1.807) is 36.5 Å². The fourth-order valence-electron chi connectivity index (χ4n) is 4.37. The molecule has 7 nitrogen and oxygen atoms in total. The van der Waals surface area contributed by atoms with E-state index in [0.29, 0.717) is 28.1 Å². The van der Waals surface area contributed by atoms with E-state index in [1.165, 1.54) is 12.1 Å². The number of hydrogen-bond donors (Lipinski definition) is 4. The van der Waals surface area contributed by atoms with Crippen molar-refractivity contribution in [1.82, 2.24) is 15.2 Å². The van der Waals surface area contributed by atoms with E-state index in [-0.39, 0.29) is 23.9 Å². The molecule has 1 amide bonds. The first-order valence-electron chi connectivity index (χ1n) is 11.4. The number of piperidine rings is 1. The molecule has 1 fully saturated rings. The highest BCUT2D eigenvalue weighted by Gasteiger charge is 2.26. The van der Waals surface area contributed by atoms with Crippen molar-refractivity contribution in [1.29, 1.82) is 0 Å². The quantitative estimate of drug-likeness (QED) is 0.412. The Morgan fingerprint density at radius 1 is 1.31 bits per heavy atom. The molecule has 1 aliphatic rings. The van der Waals surface area contributed by atoms with Gasteiger partial charge in [-0.25, -0.2) is 9.37 Å². The molecule has 1 unspecified atom stereocenters. The van der Waals surface area contributed by atoms with Gasteiger partial charge in [-0.2, -0.15) is 0 Å². The van der Waals surface area contributed by atoms with E-state index in [4.69, 9.17) is 17.3 Å². The van der Waals surface area contributed by atoms with Crippen molar-refractivity contribution in [2.45, 2.75) is 31.0 Å². The van der Waals surface area contributed by atoms with Gasteiger partial charge < -0.3 is 21.3 Å². The molecule has 1 saturated heterocycles. The van der Waals surface area contributed by atoms with E-state index in [9.17, 15) is 15.0 Å². The van der Waals surface area contributed by atoms with Crippen LogP contribution in [0.15, 0.2) is 54.7 Å². The van der Waals surface area contributed by atoms with Crippen LogP contribution in [-0.2, 0) is 0 Å². The summed E-state index contributed by atoms with van der Waals surface area (Å²) in [7, 11) is 1.88. The van der Waals surface area contributed by atoms with Crippen LogP contribution in [0.3, 0.4) is 0 Å². The summed E-state index contributed by atoms with van der Waals surface area (Å²) >= 11 is 6.00. The number of likely N-dealkylation sites (tertiary alicyclic amines) is 1. The number of halogens is 2. The maximum atomic E-state index is 15.0. The average Bonchev–Trinajstić information content (AvgIpc) is 2.84. The van der Waals surface area contributed by atoms with Crippen molar-refractivity contribution in [3.8, 4) is 11.1 Å². The van der Waals surface area contributed by atoms with Gasteiger partial charge in [-0.3, -0.25) is 9.69 Å². The molecule has 0 saturated carbocycles. The number of hydrogen-bond acceptors (Lipinski definition) is 6. The summed E-state index contributed by atoms with van der Waals surface area (Å²) in [6.07, 6.45) is 2.61. The molecule has 35 heavy (non-hydrogen) atoms. The Morgan fingerprint density at radius 2 is 2.11 bits per heavy atom. The van der Waals surface area contributed by atoms with E-state index >= 15 is 4.39 Å². The topological polar surface area (TPSA) is 112 Å². The Kier molecular flexibility index (Phi) is 7.66. The molecule has 0 spiro atoms. The van der Waals surface area contributed by atoms with Crippen molar-refractivity contribution in [2.75, 3.05) is 25.9 Å². The van der Waals surface area contributed by atoms with E-state index < -0.39 is 24.0 Å². The van der Waals surface area contributed by atoms with E-state index in [0.717, 1.165) is 18.5 Å². The first-order chi connectivity index (χ1) is 16.8. The third-order valence-electron chi connectivity index (χ3n) is 6.51. The predicted molar refractivity (Wildman–Crippen MR) is 133 cm³/mol. The van der Waals surface area contributed by atoms with Gasteiger partial charge in [0.05, 0.1) is 18.2 Å². The number of aliphatic hydroxyl groups is 2. The van der Waals surface area contributed by atoms with Gasteiger partial charge in [0.2, 0.25) is 0 Å². The third-order valence-corrected chi connectivity index (χ3v) is 6.74. The number of nitrogens with zero attached hydrogens (tertiary/aromatic N) is 2. The SMILES string of the molecule is CN1CC[C@H](c2cnc(N)c(-c3ccc(C(=O)N[C@H](CO)c4cccc(Cl)c4)c(F)c3)c2)CC1O. The Morgan fingerprint density at radius 3 is 2.80 bits per heavy atom. The first-order valence-corrected chi connectivity index (χ1v) is 11.8. The predicted octanol–water partition coefficient (Wildman–Crippen LogP) is 3.71. The maximum absolute atomic E-state index is 15.0. The number of aliphatic hydroxyl groups excluding tert-OH is 2. The number of aromatic nitrogens is 1. The third kappa shape index (κ3) is 5.62. The standard InChI is InChI=1S/C26H28ClFN4O3/c1-32-8-7-15(12-24(32)34)18-10-21(25(29)30-13-18)16-5-6-20(22(28)11-16)26(35)31-23(14-33)17-3-2-4-19(27)9-17/h2-6,9-11,13,15,23-24,33-34H,7-8,12,14H2,1H3,(H2,29,30)(H,31,35)/t15-,23+,24?/m0/s1. The molecule has 0 radical (unpaired) electrons. The number of rotatable bonds is 6. The minimum atomic E-state index is -0.735. The fourth-order valence-corrected chi connectivity index (χ4v) is 4.57. The number of carbonyl (C=O) groups excluding carboxylic acids is 1. The summed E-state index contributed by atoms with van der Waals surface area (Å²) in [6, 6.07) is 12.1. The minimum Gasteiger partial charge on any atom is -0.394 e. The highest BCUT2D eigenvalue weighted by atomic mass is 35.5. The van der Waals surface area contributed by atoms with Gasteiger partial charge in [0.15, 0.2) is 0 Å². The highest BCUT2D eigenvalue weighted by molar-refractivity contribution is 6.30. The zero-order valence-corrected chi connectivity index (χ0v) is 20.0. The van der Waals surface area contributed by atoms with Crippen LogP contribution in [0.5, 0.6) is 0 Å². The van der Waals surface area contributed by atoms with Crippen LogP contribution in [-0.4, -0.2) is 52.4 Å². The van der Waals surface area contributed by atoms with Gasteiger partial charge in [0, 0.05) is 23.3 Å². The van der Waals surface area contributed by atoms with Crippen molar-refractivity contribution in [3.63, 3.8) is 0 Å². The molecular weight excluding hydrogens is 471 g/mol. The zero-order valence-electron chi connectivity index (χ0n) is 19.3. The summed E-state index contributed by atoms with van der Waals surface area (Å²) in [5.74, 6) is -1.01. The molecule has 4 rings (SSSR count). The minimum absolute atomic E-state index is 0.116. The number of nitrogen functional groups attached to an aromatic ring is 1. The molecule has 184 valence electrons. The van der Waals surface area contributed by atoms with Crippen molar-refractivity contribution in [3.05, 3.63) is 82.3 Å². The van der Waals surface area contributed by atoms with Crippen LogP contribution in [0.1, 0.15) is 46.3 Å². The number of pyridine rings is 1. The van der Waals surface area contributed by atoms with Crippen molar-refractivity contribution in [2.24, 2.45) is 0 Å². The zero-order chi connectivity index (χ0) is 25.1. The van der Waals surface area contributed by atoms with Crippen LogP contribution in [0.25, 0.3) is 11.1 Å². The maximum Gasteiger partial charge on any atom is 0.254 e. The number of benzene rings is 2. The molecule has 0 aliphatic carbocycles. The van der Waals surface area contributed by atoms with Crippen molar-refractivity contribution >= 4 is 23.3 Å². The van der Waals surface area contributed by atoms with Gasteiger partial charge in [0.25, 0.3) is 5.91 Å². The Hall–Kier alpha value is -3.04. The highest BCUT2D eigenvalue weighted by Crippen LogP contribution is 2.34. The van der Waals surface area contributed by atoms with E-state index in [2.05, 4.69) is 10.3 Å². The summed E-state index contributed by atoms with van der Waals surface area (Å²) in [5.41, 5.74) is 8.54. The van der Waals surface area contributed by atoms with Gasteiger partial charge in [-0.1, -0.05) is 29.8 Å². The molecule has 3 atom stereocenters. The summed E-state index contributed by atoms with van der Waals surface area (Å²) < 4.78 is 15.0. The second-order valence-corrected chi connectivity index (χ2v) is 9.28. The van der Waals surface area contributed by atoms with Crippen LogP contribution in [0, 0.1) is 5.82 Å². The molecule has 2 heterocycles. The lowest BCUT2D eigenvalue weighted by molar-refractivity contribution is -0.0135. The Balaban J connectivity index is 1.55. The van der Waals surface area contributed by atoms with Crippen LogP contribution < -0.4 is 11.1 Å². The molecule has 1 aromatic heterocycles. The van der Waals surface area contributed by atoms with E-state index in [1.807, 2.05) is 18.0 Å². The number of carbonyl (C=O) groups is 1. The second kappa shape index (κ2) is 10.7. The Labute approximate surface area is 208 Å². The van der Waals surface area contributed by atoms with Crippen LogP contribution in [0.4, 0.5) is 10.2 Å². The van der Waals surface area contributed by atoms with Gasteiger partial charge in [0.1, 0.15) is 17.9 Å². The lowest BCUT2D eigenvalue weighted by Crippen LogP contribution is -2.38. The molecular formula is C26H28ClFN4O3. The summed E-state index contributed by atoms with van der Waals surface area (Å²) in [5, 5.41) is 23.1. The molecule has 2 aromatic carbocycles. The molecule has 3 aromatic rings. The summed E-state index contributed by atoms with van der Waals surface area (Å²) in [6.45, 7) is 0.389. The first kappa shape index (κ1) is 25.1. The smallest absolute Gasteiger partial charge is 0.254 e. The van der Waals surface area contributed by atoms with Gasteiger partial charge in [-0.05, 0) is 72.8 Å². The van der Waals surface area contributed by atoms with Crippen molar-refractivity contribution < 1.29 is 19.4 Å². The Bertz CT molecular complexity index is 1220. The number of nitrogens with two attached hydrogens (primary N) is 1. The largest absolute Gasteiger partial charge is 0.394 e. The molecule has 1 aliphatic heterocycles. The molecule has 5 N–H and O–H groups in total. The fraction of sp³-hybridized carbons (Fsp3) is 0.308. The average molecular weight is 499 g/mol. The molecule has 0 bridgehead atoms. The normalized spacial score (nSPS) is 19.3. The van der Waals surface area contributed by atoms with Gasteiger partial charge >= 0.3 is 0 Å². The summed E-state index contributed by atoms with van der Waals surface area (Å²) in [4.78, 5) is 19.0.